The van der Waals surface area contributed by atoms with E-state index < -0.39 is 0 Å². The Balaban J connectivity index is 2.30. The molecule has 0 aliphatic heterocycles. The summed E-state index contributed by atoms with van der Waals surface area (Å²) in [6.07, 6.45) is 0.845. The van der Waals surface area contributed by atoms with Crippen molar-refractivity contribution in [3.63, 3.8) is 0 Å². The first-order chi connectivity index (χ1) is 9.10. The van der Waals surface area contributed by atoms with E-state index in [-0.39, 0.29) is 0 Å². The highest BCUT2D eigenvalue weighted by Crippen LogP contribution is 2.22. The van der Waals surface area contributed by atoms with Crippen LogP contribution in [0.15, 0.2) is 28.2 Å². The van der Waals surface area contributed by atoms with Gasteiger partial charge >= 0.3 is 0 Å². The van der Waals surface area contributed by atoms with Gasteiger partial charge in [0, 0.05) is 23.4 Å². The van der Waals surface area contributed by atoms with Gasteiger partial charge in [0.05, 0.1) is 6.54 Å². The van der Waals surface area contributed by atoms with Crippen LogP contribution in [0.2, 0.25) is 0 Å². The van der Waals surface area contributed by atoms with E-state index in [0.29, 0.717) is 6.04 Å². The lowest BCUT2D eigenvalue weighted by molar-refractivity contribution is 0.671. The van der Waals surface area contributed by atoms with Gasteiger partial charge in [0.15, 0.2) is 0 Å². The van der Waals surface area contributed by atoms with Crippen molar-refractivity contribution in [2.24, 2.45) is 0 Å². The topological polar surface area (TPSA) is 29.0 Å². The summed E-state index contributed by atoms with van der Waals surface area (Å²) < 4.78 is 0.853. The molecule has 102 valence electrons. The van der Waals surface area contributed by atoms with E-state index in [1.165, 1.54) is 4.88 Å². The molecule has 0 amide bonds. The maximum absolute atomic E-state index is 4.64. The first-order valence-electron chi connectivity index (χ1n) is 6.42. The van der Waals surface area contributed by atoms with Gasteiger partial charge < -0.3 is 4.90 Å². The molecule has 19 heavy (non-hydrogen) atoms. The fraction of sp³-hybridized carbons (Fsp3) is 0.429. The Hall–Kier alpha value is -0.940. The number of aromatic nitrogens is 2. The molecule has 0 fully saturated rings. The van der Waals surface area contributed by atoms with E-state index in [1.54, 1.807) is 11.3 Å². The fourth-order valence-corrected chi connectivity index (χ4v) is 2.97. The summed E-state index contributed by atoms with van der Waals surface area (Å²) in [6, 6.07) is 6.64. The lowest BCUT2D eigenvalue weighted by Gasteiger charge is -2.27. The van der Waals surface area contributed by atoms with Crippen LogP contribution in [0, 0.1) is 0 Å². The largest absolute Gasteiger partial charge is 0.349 e. The van der Waals surface area contributed by atoms with Crippen LogP contribution in [-0.4, -0.2) is 16.0 Å². The zero-order valence-electron chi connectivity index (χ0n) is 11.4. The maximum Gasteiger partial charge on any atom is 0.133 e. The van der Waals surface area contributed by atoms with Crippen LogP contribution in [0.1, 0.15) is 31.5 Å². The fourth-order valence-electron chi connectivity index (χ4n) is 1.86. The van der Waals surface area contributed by atoms with Gasteiger partial charge in [-0.25, -0.2) is 9.97 Å². The van der Waals surface area contributed by atoms with Gasteiger partial charge in [0.25, 0.3) is 0 Å². The molecule has 0 aromatic carbocycles. The number of halogens is 1. The van der Waals surface area contributed by atoms with E-state index in [9.17, 15) is 0 Å². The SMILES string of the molecule is CCc1nc(Br)cc(N(Cc2cccs2)C(C)C)n1. The van der Waals surface area contributed by atoms with Crippen LogP contribution in [0.25, 0.3) is 0 Å². The molecule has 2 heterocycles. The molecule has 2 rings (SSSR count). The highest BCUT2D eigenvalue weighted by molar-refractivity contribution is 9.10. The Morgan fingerprint density at radius 3 is 2.74 bits per heavy atom. The van der Waals surface area contributed by atoms with Gasteiger partial charge in [-0.2, -0.15) is 0 Å². The third kappa shape index (κ3) is 3.76. The van der Waals surface area contributed by atoms with Crippen molar-refractivity contribution in [2.75, 3.05) is 4.90 Å². The van der Waals surface area contributed by atoms with Crippen molar-refractivity contribution in [1.82, 2.24) is 9.97 Å². The van der Waals surface area contributed by atoms with E-state index in [1.807, 2.05) is 6.07 Å². The minimum atomic E-state index is 0.397. The Kier molecular flexibility index (Phi) is 4.93. The van der Waals surface area contributed by atoms with Gasteiger partial charge in [-0.15, -0.1) is 11.3 Å². The molecule has 0 aliphatic rings. The molecular formula is C14H18BrN3S. The average Bonchev–Trinajstić information content (AvgIpc) is 2.87. The predicted octanol–water partition coefficient (Wildman–Crippen LogP) is 4.28. The Bertz CT molecular complexity index is 525. The normalized spacial score (nSPS) is 11.0. The number of anilines is 1. The van der Waals surface area contributed by atoms with Crippen molar-refractivity contribution in [3.8, 4) is 0 Å². The predicted molar refractivity (Wildman–Crippen MR) is 84.7 cm³/mol. The Labute approximate surface area is 126 Å². The van der Waals surface area contributed by atoms with Crippen LogP contribution < -0.4 is 4.90 Å². The molecule has 3 nitrogen and oxygen atoms in total. The van der Waals surface area contributed by atoms with Gasteiger partial charge in [0.1, 0.15) is 16.2 Å². The molecule has 0 N–H and O–H groups in total. The van der Waals surface area contributed by atoms with E-state index >= 15 is 0 Å². The minimum Gasteiger partial charge on any atom is -0.349 e. The van der Waals surface area contributed by atoms with Crippen LogP contribution in [0.5, 0.6) is 0 Å². The maximum atomic E-state index is 4.64. The molecule has 0 unspecified atom stereocenters. The molecule has 5 heteroatoms. The second-order valence-electron chi connectivity index (χ2n) is 4.62. The lowest BCUT2D eigenvalue weighted by Crippen LogP contribution is -2.31. The third-order valence-electron chi connectivity index (χ3n) is 2.87. The summed E-state index contributed by atoms with van der Waals surface area (Å²) >= 11 is 5.25. The van der Waals surface area contributed by atoms with Gasteiger partial charge in [-0.3, -0.25) is 0 Å². The van der Waals surface area contributed by atoms with Crippen molar-refractivity contribution in [2.45, 2.75) is 39.8 Å². The zero-order valence-corrected chi connectivity index (χ0v) is 13.8. The number of thiophene rings is 1. The molecular weight excluding hydrogens is 322 g/mol. The van der Waals surface area contributed by atoms with Crippen LogP contribution in [0.4, 0.5) is 5.82 Å². The van der Waals surface area contributed by atoms with Crippen molar-refractivity contribution in [3.05, 3.63) is 38.9 Å². The van der Waals surface area contributed by atoms with Crippen LogP contribution >= 0.6 is 27.3 Å². The molecule has 0 radical (unpaired) electrons. The summed E-state index contributed by atoms with van der Waals surface area (Å²) in [4.78, 5) is 12.7. The molecule has 0 aliphatic carbocycles. The number of nitrogens with zero attached hydrogens (tertiary/aromatic N) is 3. The summed E-state index contributed by atoms with van der Waals surface area (Å²) in [6.45, 7) is 7.34. The van der Waals surface area contributed by atoms with E-state index in [2.05, 4.69) is 69.1 Å². The first-order valence-corrected chi connectivity index (χ1v) is 8.10. The monoisotopic (exact) mass is 339 g/mol. The van der Waals surface area contributed by atoms with E-state index in [4.69, 9.17) is 0 Å². The third-order valence-corrected chi connectivity index (χ3v) is 4.14. The summed E-state index contributed by atoms with van der Waals surface area (Å²) in [5, 5.41) is 2.11. The summed E-state index contributed by atoms with van der Waals surface area (Å²) in [5.74, 6) is 1.86. The van der Waals surface area contributed by atoms with Crippen LogP contribution in [0.3, 0.4) is 0 Å². The number of rotatable bonds is 5. The lowest BCUT2D eigenvalue weighted by atomic mass is 10.3. The molecule has 0 saturated carbocycles. The first kappa shape index (κ1) is 14.5. The average molecular weight is 340 g/mol. The molecule has 0 atom stereocenters. The van der Waals surface area contributed by atoms with Crippen molar-refractivity contribution < 1.29 is 0 Å². The molecule has 0 saturated heterocycles. The van der Waals surface area contributed by atoms with Crippen LogP contribution in [-0.2, 0) is 13.0 Å². The Morgan fingerprint density at radius 2 is 2.16 bits per heavy atom. The van der Waals surface area contributed by atoms with Crippen molar-refractivity contribution in [1.29, 1.82) is 0 Å². The highest BCUT2D eigenvalue weighted by atomic mass is 79.9. The number of hydrogen-bond acceptors (Lipinski definition) is 4. The second kappa shape index (κ2) is 6.48. The van der Waals surface area contributed by atoms with Gasteiger partial charge in [-0.05, 0) is 41.2 Å². The minimum absolute atomic E-state index is 0.397. The zero-order chi connectivity index (χ0) is 13.8. The summed E-state index contributed by atoms with van der Waals surface area (Å²) in [5.41, 5.74) is 0. The van der Waals surface area contributed by atoms with Crippen molar-refractivity contribution >= 4 is 33.1 Å². The molecule has 0 spiro atoms. The van der Waals surface area contributed by atoms with Gasteiger partial charge in [-0.1, -0.05) is 13.0 Å². The van der Waals surface area contributed by atoms with E-state index in [0.717, 1.165) is 29.2 Å². The molecule has 2 aromatic heterocycles. The summed E-state index contributed by atoms with van der Waals surface area (Å²) in [7, 11) is 0. The number of hydrogen-bond donors (Lipinski definition) is 0. The molecule has 2 aromatic rings. The second-order valence-corrected chi connectivity index (χ2v) is 6.46. The van der Waals surface area contributed by atoms with Gasteiger partial charge in [0.2, 0.25) is 0 Å². The standard InChI is InChI=1S/C14H18BrN3S/c1-4-13-16-12(15)8-14(17-13)18(10(2)3)9-11-6-5-7-19-11/h5-8,10H,4,9H2,1-3H3. The Morgan fingerprint density at radius 1 is 1.37 bits per heavy atom. The molecule has 0 bridgehead atoms. The smallest absolute Gasteiger partial charge is 0.133 e. The highest BCUT2D eigenvalue weighted by Gasteiger charge is 2.15. The number of aryl methyl sites for hydroxylation is 1. The quantitative estimate of drug-likeness (QED) is 0.761.